The van der Waals surface area contributed by atoms with Crippen LogP contribution >= 0.6 is 27.3 Å². The standard InChI is InChI=1S/C10H11BrO2S/c1-3-13-10(12)7(2)6-9-8(11)4-5-14-9/h4-6H,3H2,1-2H3/b7-6+. The number of hydrogen-bond acceptors (Lipinski definition) is 3. The molecule has 1 aromatic rings. The summed E-state index contributed by atoms with van der Waals surface area (Å²) in [6.45, 7) is 3.96. The molecule has 0 amide bonds. The second-order valence-electron chi connectivity index (χ2n) is 2.68. The van der Waals surface area contributed by atoms with Crippen LogP contribution in [0, 0.1) is 0 Å². The van der Waals surface area contributed by atoms with Crippen LogP contribution < -0.4 is 0 Å². The van der Waals surface area contributed by atoms with E-state index < -0.39 is 0 Å². The van der Waals surface area contributed by atoms with Crippen molar-refractivity contribution in [2.75, 3.05) is 6.61 Å². The molecule has 0 aromatic carbocycles. The molecule has 0 aliphatic heterocycles. The Balaban J connectivity index is 2.78. The van der Waals surface area contributed by atoms with Gasteiger partial charge in [-0.05, 0) is 47.3 Å². The van der Waals surface area contributed by atoms with Crippen LogP contribution in [0.15, 0.2) is 21.5 Å². The van der Waals surface area contributed by atoms with Gasteiger partial charge in [-0.3, -0.25) is 0 Å². The number of hydrogen-bond donors (Lipinski definition) is 0. The van der Waals surface area contributed by atoms with Crippen molar-refractivity contribution in [1.29, 1.82) is 0 Å². The van der Waals surface area contributed by atoms with Gasteiger partial charge in [0.15, 0.2) is 0 Å². The summed E-state index contributed by atoms with van der Waals surface area (Å²) in [5, 5.41) is 1.97. The summed E-state index contributed by atoms with van der Waals surface area (Å²) in [5.41, 5.74) is 0.620. The van der Waals surface area contributed by atoms with Gasteiger partial charge in [0.05, 0.1) is 6.61 Å². The van der Waals surface area contributed by atoms with Gasteiger partial charge >= 0.3 is 5.97 Å². The molecule has 0 aliphatic rings. The van der Waals surface area contributed by atoms with Crippen LogP contribution in [0.5, 0.6) is 0 Å². The Morgan fingerprint density at radius 1 is 1.71 bits per heavy atom. The van der Waals surface area contributed by atoms with Crippen molar-refractivity contribution in [3.8, 4) is 0 Å². The van der Waals surface area contributed by atoms with E-state index in [0.29, 0.717) is 12.2 Å². The lowest BCUT2D eigenvalue weighted by Gasteiger charge is -2.00. The van der Waals surface area contributed by atoms with E-state index in [9.17, 15) is 4.79 Å². The SMILES string of the molecule is CCOC(=O)/C(C)=C/c1sccc1Br. The maximum absolute atomic E-state index is 11.3. The van der Waals surface area contributed by atoms with E-state index in [4.69, 9.17) is 4.74 Å². The molecule has 0 unspecified atom stereocenters. The summed E-state index contributed by atoms with van der Waals surface area (Å²) < 4.78 is 5.88. The highest BCUT2D eigenvalue weighted by molar-refractivity contribution is 9.10. The smallest absolute Gasteiger partial charge is 0.333 e. The van der Waals surface area contributed by atoms with Crippen LogP contribution in [-0.4, -0.2) is 12.6 Å². The third-order valence-corrected chi connectivity index (χ3v) is 3.41. The van der Waals surface area contributed by atoms with Gasteiger partial charge in [0, 0.05) is 14.9 Å². The summed E-state index contributed by atoms with van der Waals surface area (Å²) in [6, 6.07) is 1.95. The molecule has 4 heteroatoms. The lowest BCUT2D eigenvalue weighted by molar-refractivity contribution is -0.138. The molecule has 1 aromatic heterocycles. The van der Waals surface area contributed by atoms with Gasteiger partial charge in [-0.1, -0.05) is 0 Å². The molecule has 1 heterocycles. The van der Waals surface area contributed by atoms with Crippen LogP contribution in [0.3, 0.4) is 0 Å². The normalized spacial score (nSPS) is 11.5. The van der Waals surface area contributed by atoms with Crippen molar-refractivity contribution in [2.45, 2.75) is 13.8 Å². The van der Waals surface area contributed by atoms with E-state index >= 15 is 0 Å². The average Bonchev–Trinajstić information content (AvgIpc) is 2.52. The van der Waals surface area contributed by atoms with Gasteiger partial charge in [-0.2, -0.15) is 0 Å². The monoisotopic (exact) mass is 274 g/mol. The minimum Gasteiger partial charge on any atom is -0.463 e. The lowest BCUT2D eigenvalue weighted by Crippen LogP contribution is -2.04. The van der Waals surface area contributed by atoms with Gasteiger partial charge in [0.2, 0.25) is 0 Å². The van der Waals surface area contributed by atoms with Crippen molar-refractivity contribution in [2.24, 2.45) is 0 Å². The van der Waals surface area contributed by atoms with Crippen LogP contribution in [-0.2, 0) is 9.53 Å². The first-order valence-electron chi connectivity index (χ1n) is 4.23. The molecule has 14 heavy (non-hydrogen) atoms. The molecule has 2 nitrogen and oxygen atoms in total. The summed E-state index contributed by atoms with van der Waals surface area (Å²) in [6.07, 6.45) is 1.83. The van der Waals surface area contributed by atoms with Crippen LogP contribution in [0.1, 0.15) is 18.7 Å². The van der Waals surface area contributed by atoms with Crippen molar-refractivity contribution >= 4 is 39.3 Å². The fourth-order valence-corrected chi connectivity index (χ4v) is 2.39. The van der Waals surface area contributed by atoms with Crippen molar-refractivity contribution in [3.05, 3.63) is 26.4 Å². The topological polar surface area (TPSA) is 26.3 Å². The second kappa shape index (κ2) is 5.32. The summed E-state index contributed by atoms with van der Waals surface area (Å²) >= 11 is 4.98. The fourth-order valence-electron chi connectivity index (χ4n) is 0.909. The van der Waals surface area contributed by atoms with E-state index in [1.54, 1.807) is 25.2 Å². The predicted molar refractivity (Wildman–Crippen MR) is 62.3 cm³/mol. The first-order chi connectivity index (χ1) is 6.65. The zero-order valence-electron chi connectivity index (χ0n) is 8.04. The molecule has 0 saturated carbocycles. The Bertz CT molecular complexity index is 355. The molecule has 0 fully saturated rings. The van der Waals surface area contributed by atoms with Crippen molar-refractivity contribution in [1.82, 2.24) is 0 Å². The van der Waals surface area contributed by atoms with Gasteiger partial charge < -0.3 is 4.74 Å². The Morgan fingerprint density at radius 2 is 2.43 bits per heavy atom. The molecule has 0 atom stereocenters. The highest BCUT2D eigenvalue weighted by Gasteiger charge is 2.06. The molecule has 76 valence electrons. The summed E-state index contributed by atoms with van der Waals surface area (Å²) in [4.78, 5) is 12.3. The van der Waals surface area contributed by atoms with E-state index in [1.807, 2.05) is 17.5 Å². The predicted octanol–water partition coefficient (Wildman–Crippen LogP) is 3.48. The third kappa shape index (κ3) is 2.96. The zero-order chi connectivity index (χ0) is 10.6. The Labute approximate surface area is 95.7 Å². The molecule has 0 aliphatic carbocycles. The number of carbonyl (C=O) groups excluding carboxylic acids is 1. The van der Waals surface area contributed by atoms with Crippen molar-refractivity contribution in [3.63, 3.8) is 0 Å². The highest BCUT2D eigenvalue weighted by Crippen LogP contribution is 2.25. The summed E-state index contributed by atoms with van der Waals surface area (Å²) in [5.74, 6) is -0.257. The van der Waals surface area contributed by atoms with Crippen molar-refractivity contribution < 1.29 is 9.53 Å². The molecule has 0 N–H and O–H groups in total. The van der Waals surface area contributed by atoms with Gasteiger partial charge in [-0.25, -0.2) is 4.79 Å². The van der Waals surface area contributed by atoms with Gasteiger partial charge in [-0.15, -0.1) is 11.3 Å². The number of ether oxygens (including phenoxy) is 1. The molecule has 1 rings (SSSR count). The highest BCUT2D eigenvalue weighted by atomic mass is 79.9. The zero-order valence-corrected chi connectivity index (χ0v) is 10.4. The number of thiophene rings is 1. The van der Waals surface area contributed by atoms with E-state index in [2.05, 4.69) is 15.9 Å². The minimum absolute atomic E-state index is 0.257. The fraction of sp³-hybridized carbons (Fsp3) is 0.300. The van der Waals surface area contributed by atoms with Crippen LogP contribution in [0.2, 0.25) is 0 Å². The van der Waals surface area contributed by atoms with Crippen LogP contribution in [0.25, 0.3) is 6.08 Å². The number of rotatable bonds is 3. The number of esters is 1. The lowest BCUT2D eigenvalue weighted by atomic mass is 10.2. The van der Waals surface area contributed by atoms with E-state index in [1.165, 1.54) is 0 Å². The molecule has 0 saturated heterocycles. The Morgan fingerprint density at radius 3 is 2.93 bits per heavy atom. The molecular weight excluding hydrogens is 264 g/mol. The maximum Gasteiger partial charge on any atom is 0.333 e. The van der Waals surface area contributed by atoms with E-state index in [-0.39, 0.29) is 5.97 Å². The quantitative estimate of drug-likeness (QED) is 0.623. The first-order valence-corrected chi connectivity index (χ1v) is 5.90. The third-order valence-electron chi connectivity index (χ3n) is 1.59. The van der Waals surface area contributed by atoms with Crippen LogP contribution in [0.4, 0.5) is 0 Å². The minimum atomic E-state index is -0.257. The summed E-state index contributed by atoms with van der Waals surface area (Å²) in [7, 11) is 0. The van der Waals surface area contributed by atoms with Gasteiger partial charge in [0.25, 0.3) is 0 Å². The largest absolute Gasteiger partial charge is 0.463 e. The maximum atomic E-state index is 11.3. The second-order valence-corrected chi connectivity index (χ2v) is 4.48. The Hall–Kier alpha value is -0.610. The average molecular weight is 275 g/mol. The van der Waals surface area contributed by atoms with Gasteiger partial charge in [0.1, 0.15) is 0 Å². The molecule has 0 spiro atoms. The molecular formula is C10H11BrO2S. The molecule has 0 radical (unpaired) electrons. The number of halogens is 1. The number of carbonyl (C=O) groups is 1. The molecule has 0 bridgehead atoms. The Kier molecular flexibility index (Phi) is 4.35. The van der Waals surface area contributed by atoms with E-state index in [0.717, 1.165) is 9.35 Å². The first kappa shape index (κ1) is 11.5.